The van der Waals surface area contributed by atoms with Gasteiger partial charge in [0.15, 0.2) is 5.65 Å². The van der Waals surface area contributed by atoms with E-state index in [-0.39, 0.29) is 17.9 Å². The van der Waals surface area contributed by atoms with Crippen molar-refractivity contribution in [1.29, 1.82) is 0 Å². The van der Waals surface area contributed by atoms with Crippen LogP contribution < -0.4 is 10.5 Å². The first-order valence-electron chi connectivity index (χ1n) is 8.75. The lowest BCUT2D eigenvalue weighted by Crippen LogP contribution is -2.22. The molecule has 0 saturated heterocycles. The molecular formula is C21H18FN5O. The minimum atomic E-state index is -0.381. The fourth-order valence-electron chi connectivity index (χ4n) is 3.02. The van der Waals surface area contributed by atoms with Gasteiger partial charge in [0.2, 0.25) is 0 Å². The summed E-state index contributed by atoms with van der Waals surface area (Å²) in [5.74, 6) is 0.413. The highest BCUT2D eigenvalue weighted by molar-refractivity contribution is 5.69. The Morgan fingerprint density at radius 3 is 2.61 bits per heavy atom. The summed E-state index contributed by atoms with van der Waals surface area (Å²) in [5.41, 5.74) is 2.73. The van der Waals surface area contributed by atoms with Gasteiger partial charge in [-0.05, 0) is 41.5 Å². The Kier molecular flexibility index (Phi) is 4.57. The Morgan fingerprint density at radius 1 is 1.00 bits per heavy atom. The zero-order valence-corrected chi connectivity index (χ0v) is 15.5. The molecule has 0 atom stereocenters. The Labute approximate surface area is 160 Å². The van der Waals surface area contributed by atoms with Gasteiger partial charge in [0.1, 0.15) is 17.2 Å². The monoisotopic (exact) mass is 375 g/mol. The highest BCUT2D eigenvalue weighted by Gasteiger charge is 2.11. The summed E-state index contributed by atoms with van der Waals surface area (Å²) in [6, 6.07) is 12.3. The maximum Gasteiger partial charge on any atom is 0.270 e. The van der Waals surface area contributed by atoms with Crippen molar-refractivity contribution in [2.45, 2.75) is 6.54 Å². The van der Waals surface area contributed by atoms with Crippen LogP contribution in [0, 0.1) is 5.82 Å². The van der Waals surface area contributed by atoms with Crippen molar-refractivity contribution in [2.24, 2.45) is 0 Å². The van der Waals surface area contributed by atoms with Gasteiger partial charge in [-0.1, -0.05) is 12.1 Å². The van der Waals surface area contributed by atoms with Crippen molar-refractivity contribution < 1.29 is 4.39 Å². The summed E-state index contributed by atoms with van der Waals surface area (Å²) in [4.78, 5) is 26.7. The summed E-state index contributed by atoms with van der Waals surface area (Å²) in [5, 5.41) is 0. The maximum absolute atomic E-state index is 14.8. The Hall–Kier alpha value is -3.61. The Morgan fingerprint density at radius 2 is 1.82 bits per heavy atom. The molecule has 0 bridgehead atoms. The lowest BCUT2D eigenvalue weighted by Gasteiger charge is -2.13. The van der Waals surface area contributed by atoms with Crippen molar-refractivity contribution in [1.82, 2.24) is 19.5 Å². The molecule has 1 aromatic carbocycles. The third-order valence-electron chi connectivity index (χ3n) is 4.52. The van der Waals surface area contributed by atoms with Gasteiger partial charge in [-0.25, -0.2) is 19.3 Å². The van der Waals surface area contributed by atoms with Gasteiger partial charge < -0.3 is 4.90 Å². The van der Waals surface area contributed by atoms with Crippen LogP contribution in [-0.4, -0.2) is 33.6 Å². The molecule has 3 heterocycles. The quantitative estimate of drug-likeness (QED) is 0.548. The number of pyridine rings is 2. The van der Waals surface area contributed by atoms with Crippen molar-refractivity contribution in [3.8, 4) is 11.1 Å². The lowest BCUT2D eigenvalue weighted by molar-refractivity contribution is 0.599. The van der Waals surface area contributed by atoms with E-state index in [0.717, 1.165) is 16.9 Å². The fourth-order valence-corrected chi connectivity index (χ4v) is 3.02. The van der Waals surface area contributed by atoms with Crippen LogP contribution in [0.4, 0.5) is 10.2 Å². The van der Waals surface area contributed by atoms with E-state index in [2.05, 4.69) is 15.0 Å². The smallest absolute Gasteiger partial charge is 0.270 e. The first-order chi connectivity index (χ1) is 13.5. The number of anilines is 1. The van der Waals surface area contributed by atoms with E-state index in [1.54, 1.807) is 30.6 Å². The van der Waals surface area contributed by atoms with Gasteiger partial charge in [-0.3, -0.25) is 9.36 Å². The zero-order chi connectivity index (χ0) is 19.7. The molecule has 7 heteroatoms. The SMILES string of the molecule is CN(C)c1cc(-c2ccc(Cn3c(=O)cnc4cccnc43)c(F)c2)ccn1. The average Bonchev–Trinajstić information content (AvgIpc) is 2.71. The summed E-state index contributed by atoms with van der Waals surface area (Å²) in [6.07, 6.45) is 4.52. The number of hydrogen-bond donors (Lipinski definition) is 0. The molecule has 28 heavy (non-hydrogen) atoms. The molecule has 140 valence electrons. The molecule has 4 rings (SSSR count). The first-order valence-corrected chi connectivity index (χ1v) is 8.75. The largest absolute Gasteiger partial charge is 0.363 e. The van der Waals surface area contributed by atoms with Crippen molar-refractivity contribution in [2.75, 3.05) is 19.0 Å². The second-order valence-electron chi connectivity index (χ2n) is 6.63. The molecule has 0 aliphatic carbocycles. The van der Waals surface area contributed by atoms with Crippen LogP contribution in [0.15, 0.2) is 65.8 Å². The van der Waals surface area contributed by atoms with Crippen LogP contribution in [0.25, 0.3) is 22.3 Å². The minimum absolute atomic E-state index is 0.0836. The highest BCUT2D eigenvalue weighted by atomic mass is 19.1. The molecule has 0 aliphatic rings. The molecule has 0 amide bonds. The molecule has 0 fully saturated rings. The van der Waals surface area contributed by atoms with Crippen molar-refractivity contribution in [3.05, 3.63) is 82.8 Å². The van der Waals surface area contributed by atoms with Crippen molar-refractivity contribution >= 4 is 17.0 Å². The lowest BCUT2D eigenvalue weighted by atomic mass is 10.0. The molecule has 6 nitrogen and oxygen atoms in total. The molecule has 0 N–H and O–H groups in total. The van der Waals surface area contributed by atoms with E-state index in [1.807, 2.05) is 37.2 Å². The van der Waals surface area contributed by atoms with Gasteiger partial charge in [-0.2, -0.15) is 0 Å². The number of halogens is 1. The van der Waals surface area contributed by atoms with E-state index in [0.29, 0.717) is 16.7 Å². The van der Waals surface area contributed by atoms with Crippen LogP contribution in [0.1, 0.15) is 5.56 Å². The summed E-state index contributed by atoms with van der Waals surface area (Å²) < 4.78 is 16.3. The molecule has 4 aromatic rings. The van der Waals surface area contributed by atoms with Crippen LogP contribution in [0.5, 0.6) is 0 Å². The Bertz CT molecular complexity index is 1220. The number of rotatable bonds is 4. The molecule has 0 saturated carbocycles. The first kappa shape index (κ1) is 17.8. The third-order valence-corrected chi connectivity index (χ3v) is 4.52. The minimum Gasteiger partial charge on any atom is -0.363 e. The molecule has 0 radical (unpaired) electrons. The molecular weight excluding hydrogens is 357 g/mol. The van der Waals surface area contributed by atoms with Crippen molar-refractivity contribution in [3.63, 3.8) is 0 Å². The molecule has 0 aliphatic heterocycles. The number of benzene rings is 1. The topological polar surface area (TPSA) is 63.9 Å². The number of hydrogen-bond acceptors (Lipinski definition) is 5. The molecule has 3 aromatic heterocycles. The highest BCUT2D eigenvalue weighted by Crippen LogP contribution is 2.24. The standard InChI is InChI=1S/C21H18FN5O/c1-26(2)19-11-15(7-9-23-19)14-5-6-16(17(22)10-14)13-27-20(28)12-25-18-4-3-8-24-21(18)27/h3-12H,13H2,1-2H3. The second-order valence-corrected chi connectivity index (χ2v) is 6.63. The van der Waals surface area contributed by atoms with E-state index in [9.17, 15) is 9.18 Å². The average molecular weight is 375 g/mol. The predicted molar refractivity (Wildman–Crippen MR) is 107 cm³/mol. The van der Waals surface area contributed by atoms with E-state index < -0.39 is 0 Å². The van der Waals surface area contributed by atoms with Crippen LogP contribution in [0.2, 0.25) is 0 Å². The van der Waals surface area contributed by atoms with Gasteiger partial charge in [0.05, 0.1) is 12.7 Å². The molecule has 0 unspecified atom stereocenters. The van der Waals surface area contributed by atoms with Crippen LogP contribution >= 0.6 is 0 Å². The van der Waals surface area contributed by atoms with Gasteiger partial charge in [-0.15, -0.1) is 0 Å². The van der Waals surface area contributed by atoms with E-state index in [4.69, 9.17) is 0 Å². The van der Waals surface area contributed by atoms with E-state index >= 15 is 0 Å². The fraction of sp³-hybridized carbons (Fsp3) is 0.143. The number of fused-ring (bicyclic) bond motifs is 1. The maximum atomic E-state index is 14.8. The van der Waals surface area contributed by atoms with Crippen LogP contribution in [-0.2, 0) is 6.54 Å². The van der Waals surface area contributed by atoms with Gasteiger partial charge >= 0.3 is 0 Å². The predicted octanol–water partition coefficient (Wildman–Crippen LogP) is 3.11. The zero-order valence-electron chi connectivity index (χ0n) is 15.5. The second kappa shape index (κ2) is 7.19. The van der Waals surface area contributed by atoms with Gasteiger partial charge in [0.25, 0.3) is 5.56 Å². The van der Waals surface area contributed by atoms with Gasteiger partial charge in [0, 0.05) is 32.1 Å². The summed E-state index contributed by atoms with van der Waals surface area (Å²) >= 11 is 0. The summed E-state index contributed by atoms with van der Waals surface area (Å²) in [6.45, 7) is 0.0836. The number of nitrogens with zero attached hydrogens (tertiary/aromatic N) is 5. The summed E-state index contributed by atoms with van der Waals surface area (Å²) in [7, 11) is 3.81. The Balaban J connectivity index is 1.71. The van der Waals surface area contributed by atoms with E-state index in [1.165, 1.54) is 16.8 Å². The third kappa shape index (κ3) is 3.34. The number of aromatic nitrogens is 4. The molecule has 0 spiro atoms. The normalized spacial score (nSPS) is 11.0. The van der Waals surface area contributed by atoms with Crippen LogP contribution in [0.3, 0.4) is 0 Å².